The van der Waals surface area contributed by atoms with Gasteiger partial charge in [0.15, 0.2) is 6.23 Å². The number of aliphatic hydroxyl groups excluding tert-OH is 1. The van der Waals surface area contributed by atoms with Crippen LogP contribution in [0.25, 0.3) is 27.4 Å². The Morgan fingerprint density at radius 2 is 1.97 bits per heavy atom. The summed E-state index contributed by atoms with van der Waals surface area (Å²) < 4.78 is 6.30. The normalized spacial score (nSPS) is 17.2. The SMILES string of the molecule is CC(O)C(Oc1cccc2[nH]ccc12)N1CC=C(c2c[nH]c3c(Cl)cccc23)CC1. The first-order valence-electron chi connectivity index (χ1n) is 10.2. The molecule has 0 fully saturated rings. The molecule has 154 valence electrons. The number of nitrogens with one attached hydrogen (secondary N) is 2. The van der Waals surface area contributed by atoms with Gasteiger partial charge < -0.3 is 19.8 Å². The van der Waals surface area contributed by atoms with Crippen LogP contribution >= 0.6 is 11.6 Å². The number of H-pyrrole nitrogens is 2. The van der Waals surface area contributed by atoms with E-state index in [0.717, 1.165) is 45.5 Å². The lowest BCUT2D eigenvalue weighted by atomic mass is 9.98. The van der Waals surface area contributed by atoms with E-state index in [-0.39, 0.29) is 0 Å². The summed E-state index contributed by atoms with van der Waals surface area (Å²) >= 11 is 6.31. The number of nitrogens with zero attached hydrogens (tertiary/aromatic N) is 1. The van der Waals surface area contributed by atoms with Crippen molar-refractivity contribution in [1.82, 2.24) is 14.9 Å². The second-order valence-electron chi connectivity index (χ2n) is 7.78. The van der Waals surface area contributed by atoms with Gasteiger partial charge in [-0.2, -0.15) is 0 Å². The molecule has 0 aliphatic carbocycles. The third-order valence-electron chi connectivity index (χ3n) is 5.83. The molecular formula is C24H24ClN3O2. The van der Waals surface area contributed by atoms with E-state index in [0.29, 0.717) is 6.54 Å². The van der Waals surface area contributed by atoms with Crippen LogP contribution in [0, 0.1) is 0 Å². The second-order valence-corrected chi connectivity index (χ2v) is 8.19. The van der Waals surface area contributed by atoms with E-state index in [4.69, 9.17) is 16.3 Å². The number of halogens is 1. The van der Waals surface area contributed by atoms with E-state index in [2.05, 4.69) is 27.0 Å². The zero-order chi connectivity index (χ0) is 20.7. The Bertz CT molecular complexity index is 1220. The maximum absolute atomic E-state index is 10.5. The summed E-state index contributed by atoms with van der Waals surface area (Å²) in [6.07, 6.45) is 6.00. The molecule has 6 heteroatoms. The molecule has 2 aromatic heterocycles. The summed E-state index contributed by atoms with van der Waals surface area (Å²) in [5.41, 5.74) is 4.48. The van der Waals surface area contributed by atoms with Gasteiger partial charge in [0.2, 0.25) is 0 Å². The van der Waals surface area contributed by atoms with Gasteiger partial charge in [0.05, 0.1) is 10.5 Å². The highest BCUT2D eigenvalue weighted by Gasteiger charge is 2.28. The number of fused-ring (bicyclic) bond motifs is 2. The quantitative estimate of drug-likeness (QED) is 0.416. The molecule has 5 rings (SSSR count). The topological polar surface area (TPSA) is 64.3 Å². The lowest BCUT2D eigenvalue weighted by Gasteiger charge is -2.35. The van der Waals surface area contributed by atoms with E-state index in [1.165, 1.54) is 11.1 Å². The molecule has 3 N–H and O–H groups in total. The van der Waals surface area contributed by atoms with Crippen molar-refractivity contribution in [1.29, 1.82) is 0 Å². The molecule has 1 aliphatic rings. The van der Waals surface area contributed by atoms with Crippen LogP contribution in [0.4, 0.5) is 0 Å². The third kappa shape index (κ3) is 3.39. The van der Waals surface area contributed by atoms with Crippen molar-refractivity contribution >= 4 is 39.0 Å². The van der Waals surface area contributed by atoms with Crippen LogP contribution in [0.15, 0.2) is 60.9 Å². The molecule has 0 radical (unpaired) electrons. The van der Waals surface area contributed by atoms with E-state index >= 15 is 0 Å². The summed E-state index contributed by atoms with van der Waals surface area (Å²) in [7, 11) is 0. The molecule has 0 spiro atoms. The van der Waals surface area contributed by atoms with Gasteiger partial charge in [-0.25, -0.2) is 0 Å². The number of para-hydroxylation sites is 1. The van der Waals surface area contributed by atoms with Gasteiger partial charge >= 0.3 is 0 Å². The summed E-state index contributed by atoms with van der Waals surface area (Å²) in [5, 5.41) is 13.4. The number of aliphatic hydroxyl groups is 1. The molecule has 2 unspecified atom stereocenters. The van der Waals surface area contributed by atoms with Crippen molar-refractivity contribution in [2.75, 3.05) is 13.1 Å². The van der Waals surface area contributed by atoms with Crippen molar-refractivity contribution in [3.8, 4) is 5.75 Å². The fraction of sp³-hybridized carbons (Fsp3) is 0.250. The minimum Gasteiger partial charge on any atom is -0.472 e. The Kier molecular flexibility index (Phi) is 5.03. The molecule has 2 atom stereocenters. The van der Waals surface area contributed by atoms with Crippen LogP contribution in [0.2, 0.25) is 5.02 Å². The fourth-order valence-electron chi connectivity index (χ4n) is 4.31. The lowest BCUT2D eigenvalue weighted by Crippen LogP contribution is -2.48. The number of aromatic nitrogens is 2. The number of benzene rings is 2. The molecule has 1 aliphatic heterocycles. The highest BCUT2D eigenvalue weighted by atomic mass is 35.5. The zero-order valence-electron chi connectivity index (χ0n) is 16.7. The van der Waals surface area contributed by atoms with Gasteiger partial charge in [-0.3, -0.25) is 4.90 Å². The van der Waals surface area contributed by atoms with Gasteiger partial charge in [-0.05, 0) is 43.2 Å². The highest BCUT2D eigenvalue weighted by Crippen LogP contribution is 2.33. The van der Waals surface area contributed by atoms with Crippen molar-refractivity contribution in [3.05, 3.63) is 71.5 Å². The average molecular weight is 422 g/mol. The van der Waals surface area contributed by atoms with E-state index < -0.39 is 12.3 Å². The number of rotatable bonds is 5. The summed E-state index contributed by atoms with van der Waals surface area (Å²) in [4.78, 5) is 8.68. The molecular weight excluding hydrogens is 398 g/mol. The Morgan fingerprint density at radius 3 is 2.77 bits per heavy atom. The highest BCUT2D eigenvalue weighted by molar-refractivity contribution is 6.35. The van der Waals surface area contributed by atoms with Crippen LogP contribution in [0.3, 0.4) is 0 Å². The third-order valence-corrected chi connectivity index (χ3v) is 6.14. The van der Waals surface area contributed by atoms with Gasteiger partial charge in [-0.1, -0.05) is 35.9 Å². The Labute approximate surface area is 179 Å². The van der Waals surface area contributed by atoms with Gasteiger partial charge in [0.1, 0.15) is 11.9 Å². The predicted molar refractivity (Wildman–Crippen MR) is 122 cm³/mol. The van der Waals surface area contributed by atoms with Crippen molar-refractivity contribution < 1.29 is 9.84 Å². The summed E-state index contributed by atoms with van der Waals surface area (Å²) in [5.74, 6) is 0.778. The molecule has 0 amide bonds. The number of aromatic amines is 2. The Hall–Kier alpha value is -2.73. The molecule has 2 aromatic carbocycles. The minimum atomic E-state index is -0.624. The predicted octanol–water partition coefficient (Wildman–Crippen LogP) is 5.18. The van der Waals surface area contributed by atoms with Crippen LogP contribution in [-0.2, 0) is 0 Å². The minimum absolute atomic E-state index is 0.416. The van der Waals surface area contributed by atoms with Gasteiger partial charge in [-0.15, -0.1) is 0 Å². The van der Waals surface area contributed by atoms with Crippen molar-refractivity contribution in [3.63, 3.8) is 0 Å². The first kappa shape index (κ1) is 19.2. The van der Waals surface area contributed by atoms with Crippen LogP contribution in [0.1, 0.15) is 18.9 Å². The molecule has 0 saturated carbocycles. The van der Waals surface area contributed by atoms with Crippen molar-refractivity contribution in [2.45, 2.75) is 25.7 Å². The van der Waals surface area contributed by atoms with E-state index in [1.807, 2.05) is 48.8 Å². The standard InChI is InChI=1S/C24H24ClN3O2/c1-15(29)24(30-22-7-3-6-21-18(22)8-11-26-21)28-12-9-16(10-13-28)19-14-27-23-17(19)4-2-5-20(23)25/h2-9,11,14-15,24,26-27,29H,10,12-13H2,1H3. The first-order chi connectivity index (χ1) is 14.6. The summed E-state index contributed by atoms with van der Waals surface area (Å²) in [6.45, 7) is 3.29. The second kappa shape index (κ2) is 7.84. The van der Waals surface area contributed by atoms with E-state index in [9.17, 15) is 5.11 Å². The number of hydrogen-bond donors (Lipinski definition) is 3. The number of ether oxygens (including phenoxy) is 1. The Balaban J connectivity index is 1.38. The fourth-order valence-corrected chi connectivity index (χ4v) is 4.54. The van der Waals surface area contributed by atoms with Crippen LogP contribution < -0.4 is 4.74 Å². The van der Waals surface area contributed by atoms with Gasteiger partial charge in [0.25, 0.3) is 0 Å². The van der Waals surface area contributed by atoms with E-state index in [1.54, 1.807) is 6.92 Å². The monoisotopic (exact) mass is 421 g/mol. The Morgan fingerprint density at radius 1 is 1.10 bits per heavy atom. The first-order valence-corrected chi connectivity index (χ1v) is 10.6. The van der Waals surface area contributed by atoms with Crippen molar-refractivity contribution in [2.24, 2.45) is 0 Å². The summed E-state index contributed by atoms with van der Waals surface area (Å²) in [6, 6.07) is 13.9. The molecule has 30 heavy (non-hydrogen) atoms. The smallest absolute Gasteiger partial charge is 0.178 e. The zero-order valence-corrected chi connectivity index (χ0v) is 17.5. The van der Waals surface area contributed by atoms with Crippen LogP contribution in [-0.4, -0.2) is 45.4 Å². The van der Waals surface area contributed by atoms with Crippen LogP contribution in [0.5, 0.6) is 5.75 Å². The molecule has 5 nitrogen and oxygen atoms in total. The maximum atomic E-state index is 10.5. The molecule has 4 aromatic rings. The van der Waals surface area contributed by atoms with Gasteiger partial charge in [0, 0.05) is 47.3 Å². The average Bonchev–Trinajstić information content (AvgIpc) is 3.40. The number of hydrogen-bond acceptors (Lipinski definition) is 3. The molecule has 3 heterocycles. The molecule has 0 bridgehead atoms. The molecule has 0 saturated heterocycles. The maximum Gasteiger partial charge on any atom is 0.178 e. The lowest BCUT2D eigenvalue weighted by molar-refractivity contribution is -0.0528. The largest absolute Gasteiger partial charge is 0.472 e.